The molecule has 1 saturated heterocycles. The molecule has 0 radical (unpaired) electrons. The van der Waals surface area contributed by atoms with Gasteiger partial charge in [-0.2, -0.15) is 5.26 Å². The smallest absolute Gasteiger partial charge is 0.234 e. The minimum absolute atomic E-state index is 0.146. The van der Waals surface area contributed by atoms with Crippen molar-refractivity contribution in [1.29, 1.82) is 5.26 Å². The highest BCUT2D eigenvalue weighted by atomic mass is 16.2. The lowest BCUT2D eigenvalue weighted by molar-refractivity contribution is -0.122. The molecule has 82 valence electrons. The van der Waals surface area contributed by atoms with Crippen LogP contribution in [-0.4, -0.2) is 36.5 Å². The molecule has 4 heteroatoms. The number of hydrogen-bond acceptors (Lipinski definition) is 3. The van der Waals surface area contributed by atoms with E-state index in [4.69, 9.17) is 5.26 Å². The van der Waals surface area contributed by atoms with Crippen molar-refractivity contribution in [2.24, 2.45) is 5.92 Å². The molecular weight excluding hydrogens is 190 g/mol. The van der Waals surface area contributed by atoms with Crippen molar-refractivity contribution in [1.82, 2.24) is 10.2 Å². The molecule has 1 aliphatic carbocycles. The summed E-state index contributed by atoms with van der Waals surface area (Å²) in [5.74, 6) is 0.348. The maximum absolute atomic E-state index is 11.5. The molecule has 0 aromatic heterocycles. The van der Waals surface area contributed by atoms with Crippen LogP contribution in [0.1, 0.15) is 25.7 Å². The Kier molecular flexibility index (Phi) is 3.22. The molecule has 1 N–H and O–H groups in total. The van der Waals surface area contributed by atoms with Crippen LogP contribution in [0.3, 0.4) is 0 Å². The summed E-state index contributed by atoms with van der Waals surface area (Å²) in [7, 11) is 0. The maximum atomic E-state index is 11.5. The predicted octanol–water partition coefficient (Wildman–Crippen LogP) is 0.501. The van der Waals surface area contributed by atoms with Gasteiger partial charge < -0.3 is 5.32 Å². The summed E-state index contributed by atoms with van der Waals surface area (Å²) in [4.78, 5) is 13.6. The highest BCUT2D eigenvalue weighted by molar-refractivity contribution is 5.78. The summed E-state index contributed by atoms with van der Waals surface area (Å²) in [5.41, 5.74) is 0. The number of piperidine rings is 1. The number of likely N-dealkylation sites (tertiary alicyclic amines) is 1. The van der Waals surface area contributed by atoms with Crippen molar-refractivity contribution in [3.05, 3.63) is 0 Å². The minimum Gasteiger partial charge on any atom is -0.352 e. The van der Waals surface area contributed by atoms with Gasteiger partial charge in [0.1, 0.15) is 0 Å². The van der Waals surface area contributed by atoms with Crippen LogP contribution in [0.4, 0.5) is 0 Å². The molecule has 1 amide bonds. The van der Waals surface area contributed by atoms with E-state index in [0.29, 0.717) is 12.6 Å². The maximum Gasteiger partial charge on any atom is 0.234 e. The van der Waals surface area contributed by atoms with Gasteiger partial charge in [0.05, 0.1) is 12.6 Å². The van der Waals surface area contributed by atoms with E-state index < -0.39 is 0 Å². The van der Waals surface area contributed by atoms with Gasteiger partial charge in [0.25, 0.3) is 0 Å². The fourth-order valence-corrected chi connectivity index (χ4v) is 1.92. The van der Waals surface area contributed by atoms with Crippen molar-refractivity contribution in [2.45, 2.75) is 31.7 Å². The van der Waals surface area contributed by atoms with E-state index in [0.717, 1.165) is 38.8 Å². The zero-order valence-electron chi connectivity index (χ0n) is 8.91. The number of nitriles is 1. The van der Waals surface area contributed by atoms with Gasteiger partial charge in [0, 0.05) is 12.0 Å². The van der Waals surface area contributed by atoms with Gasteiger partial charge in [-0.25, -0.2) is 0 Å². The van der Waals surface area contributed by atoms with Crippen LogP contribution in [-0.2, 0) is 4.79 Å². The number of nitrogens with one attached hydrogen (secondary N) is 1. The summed E-state index contributed by atoms with van der Waals surface area (Å²) >= 11 is 0. The topological polar surface area (TPSA) is 56.1 Å². The van der Waals surface area contributed by atoms with Crippen LogP contribution < -0.4 is 5.32 Å². The lowest BCUT2D eigenvalue weighted by Crippen LogP contribution is -2.41. The molecular formula is C11H17N3O. The first-order valence-electron chi connectivity index (χ1n) is 5.69. The molecule has 0 atom stereocenters. The highest BCUT2D eigenvalue weighted by Crippen LogP contribution is 2.19. The fraction of sp³-hybridized carbons (Fsp3) is 0.818. The van der Waals surface area contributed by atoms with Crippen molar-refractivity contribution in [3.63, 3.8) is 0 Å². The number of carbonyl (C=O) groups excluding carboxylic acids is 1. The predicted molar refractivity (Wildman–Crippen MR) is 55.9 cm³/mol. The van der Waals surface area contributed by atoms with Crippen molar-refractivity contribution >= 4 is 5.91 Å². The Morgan fingerprint density at radius 3 is 2.53 bits per heavy atom. The van der Waals surface area contributed by atoms with E-state index in [-0.39, 0.29) is 11.8 Å². The van der Waals surface area contributed by atoms with E-state index in [1.807, 2.05) is 0 Å². The van der Waals surface area contributed by atoms with Crippen molar-refractivity contribution in [3.8, 4) is 6.07 Å². The Hall–Kier alpha value is -1.08. The van der Waals surface area contributed by atoms with Gasteiger partial charge >= 0.3 is 0 Å². The lowest BCUT2D eigenvalue weighted by atomic mass is 9.99. The Bertz CT molecular complexity index is 272. The fourth-order valence-electron chi connectivity index (χ4n) is 1.92. The second-order valence-electron chi connectivity index (χ2n) is 4.52. The largest absolute Gasteiger partial charge is 0.352 e. The number of amides is 1. The Morgan fingerprint density at radius 1 is 1.33 bits per heavy atom. The summed E-state index contributed by atoms with van der Waals surface area (Å²) in [6, 6.07) is 2.75. The second kappa shape index (κ2) is 4.63. The van der Waals surface area contributed by atoms with Gasteiger partial charge in [-0.1, -0.05) is 0 Å². The summed E-state index contributed by atoms with van der Waals surface area (Å²) in [5, 5.41) is 11.7. The van der Waals surface area contributed by atoms with E-state index in [1.54, 1.807) is 0 Å². The van der Waals surface area contributed by atoms with Gasteiger partial charge in [-0.15, -0.1) is 0 Å². The van der Waals surface area contributed by atoms with Gasteiger partial charge in [0.15, 0.2) is 0 Å². The van der Waals surface area contributed by atoms with Crippen molar-refractivity contribution in [2.75, 3.05) is 19.6 Å². The molecule has 2 fully saturated rings. The number of nitrogens with zero attached hydrogens (tertiary/aromatic N) is 2. The standard InChI is InChI=1S/C11H17N3O/c12-7-9-3-5-14(6-4-9)8-11(15)13-10-1-2-10/h9-10H,1-6,8H2,(H,13,15). The van der Waals surface area contributed by atoms with Crippen molar-refractivity contribution < 1.29 is 4.79 Å². The third-order valence-electron chi connectivity index (χ3n) is 3.08. The third-order valence-corrected chi connectivity index (χ3v) is 3.08. The summed E-state index contributed by atoms with van der Waals surface area (Å²) in [6.45, 7) is 2.28. The van der Waals surface area contributed by atoms with E-state index in [1.165, 1.54) is 0 Å². The van der Waals surface area contributed by atoms with Crippen LogP contribution in [0.2, 0.25) is 0 Å². The van der Waals surface area contributed by atoms with Crippen LogP contribution in [0.25, 0.3) is 0 Å². The number of rotatable bonds is 3. The number of hydrogen-bond donors (Lipinski definition) is 1. The lowest BCUT2D eigenvalue weighted by Gasteiger charge is -2.28. The molecule has 2 rings (SSSR count). The van der Waals surface area contributed by atoms with Gasteiger partial charge in [-0.05, 0) is 38.8 Å². The molecule has 2 aliphatic rings. The molecule has 0 bridgehead atoms. The molecule has 0 aromatic rings. The zero-order chi connectivity index (χ0) is 10.7. The molecule has 0 spiro atoms. The average molecular weight is 207 g/mol. The quantitative estimate of drug-likeness (QED) is 0.733. The van der Waals surface area contributed by atoms with E-state index in [2.05, 4.69) is 16.3 Å². The first-order valence-corrected chi connectivity index (χ1v) is 5.69. The van der Waals surface area contributed by atoms with Gasteiger partial charge in [-0.3, -0.25) is 9.69 Å². The summed E-state index contributed by atoms with van der Waals surface area (Å²) in [6.07, 6.45) is 4.10. The molecule has 1 heterocycles. The highest BCUT2D eigenvalue weighted by Gasteiger charge is 2.25. The van der Waals surface area contributed by atoms with E-state index in [9.17, 15) is 4.79 Å². The molecule has 15 heavy (non-hydrogen) atoms. The Morgan fingerprint density at radius 2 is 2.00 bits per heavy atom. The molecule has 0 unspecified atom stereocenters. The molecule has 1 aliphatic heterocycles. The first kappa shape index (κ1) is 10.4. The van der Waals surface area contributed by atoms with Crippen LogP contribution >= 0.6 is 0 Å². The molecule has 4 nitrogen and oxygen atoms in total. The van der Waals surface area contributed by atoms with Gasteiger partial charge in [0.2, 0.25) is 5.91 Å². The third kappa shape index (κ3) is 3.21. The first-order chi connectivity index (χ1) is 7.28. The Labute approximate surface area is 90.2 Å². The SMILES string of the molecule is N#CC1CCN(CC(=O)NC2CC2)CC1. The summed E-state index contributed by atoms with van der Waals surface area (Å²) < 4.78 is 0. The average Bonchev–Trinajstić information content (AvgIpc) is 3.03. The monoisotopic (exact) mass is 207 g/mol. The second-order valence-corrected chi connectivity index (χ2v) is 4.52. The zero-order valence-corrected chi connectivity index (χ0v) is 8.91. The van der Waals surface area contributed by atoms with Crippen LogP contribution in [0, 0.1) is 17.2 Å². The normalized spacial score (nSPS) is 23.4. The number of carbonyl (C=O) groups is 1. The van der Waals surface area contributed by atoms with Crippen LogP contribution in [0.5, 0.6) is 0 Å². The molecule has 1 saturated carbocycles. The van der Waals surface area contributed by atoms with E-state index >= 15 is 0 Å². The minimum atomic E-state index is 0.146. The Balaban J connectivity index is 1.67. The molecule has 0 aromatic carbocycles. The van der Waals surface area contributed by atoms with Crippen LogP contribution in [0.15, 0.2) is 0 Å².